The molecule has 1 aromatic carbocycles. The smallest absolute Gasteiger partial charge is 0.240 e. The zero-order valence-corrected chi connectivity index (χ0v) is 14.9. The molecule has 3 aliphatic heterocycles. The summed E-state index contributed by atoms with van der Waals surface area (Å²) in [5.41, 5.74) is 6.11. The van der Waals surface area contributed by atoms with Gasteiger partial charge in [0.25, 0.3) is 0 Å². The van der Waals surface area contributed by atoms with E-state index in [1.165, 1.54) is 5.56 Å². The van der Waals surface area contributed by atoms with Crippen LogP contribution in [-0.4, -0.2) is 30.3 Å². The van der Waals surface area contributed by atoms with Crippen molar-refractivity contribution < 1.29 is 9.53 Å². The monoisotopic (exact) mass is 341 g/mol. The molecular weight excluding hydrogens is 314 g/mol. The van der Waals surface area contributed by atoms with Gasteiger partial charge < -0.3 is 10.1 Å². The van der Waals surface area contributed by atoms with Gasteiger partial charge in [-0.1, -0.05) is 13.3 Å². The largest absolute Gasteiger partial charge is 0.487 e. The third kappa shape index (κ3) is 3.30. The maximum Gasteiger partial charge on any atom is 0.240 e. The van der Waals surface area contributed by atoms with Crippen LogP contribution in [-0.2, 0) is 11.2 Å². The number of nitrogens with zero attached hydrogens (tertiary/aromatic N) is 1. The number of carbonyl (C=O) groups is 1. The second-order valence-electron chi connectivity index (χ2n) is 7.58. The first-order chi connectivity index (χ1) is 12.2. The fourth-order valence-electron chi connectivity index (χ4n) is 4.38. The van der Waals surface area contributed by atoms with Gasteiger partial charge in [-0.25, -0.2) is 5.43 Å². The van der Waals surface area contributed by atoms with E-state index in [9.17, 15) is 4.79 Å². The molecule has 2 N–H and O–H groups in total. The molecule has 1 unspecified atom stereocenters. The van der Waals surface area contributed by atoms with Gasteiger partial charge in [-0.05, 0) is 74.5 Å². The van der Waals surface area contributed by atoms with Crippen LogP contribution >= 0.6 is 0 Å². The second kappa shape index (κ2) is 6.79. The molecule has 1 saturated heterocycles. The molecular formula is C20H27N3O2. The standard InChI is InChI=1S/C20H27N3O2/c1-2-3-15-13-18(24)22-23-19(15)16-4-5-17-14(12-16)6-7-20(25-17)8-10-21-11-9-20/h4-5,12,15,21H,2-3,6-11,13H2,1H3,(H,22,24). The van der Waals surface area contributed by atoms with Crippen molar-refractivity contribution in [1.82, 2.24) is 10.7 Å². The number of rotatable bonds is 3. The molecule has 1 fully saturated rings. The van der Waals surface area contributed by atoms with Gasteiger partial charge >= 0.3 is 0 Å². The number of piperidine rings is 1. The highest BCUT2D eigenvalue weighted by Gasteiger charge is 2.37. The van der Waals surface area contributed by atoms with Gasteiger partial charge in [0.15, 0.2) is 0 Å². The highest BCUT2D eigenvalue weighted by molar-refractivity contribution is 6.06. The van der Waals surface area contributed by atoms with E-state index >= 15 is 0 Å². The Hall–Kier alpha value is -1.88. The lowest BCUT2D eigenvalue weighted by atomic mass is 9.82. The molecule has 1 amide bonds. The van der Waals surface area contributed by atoms with Crippen molar-refractivity contribution in [3.05, 3.63) is 29.3 Å². The highest BCUT2D eigenvalue weighted by Crippen LogP contribution is 2.39. The van der Waals surface area contributed by atoms with Crippen LogP contribution in [0.2, 0.25) is 0 Å². The van der Waals surface area contributed by atoms with E-state index in [0.29, 0.717) is 6.42 Å². The quantitative estimate of drug-likeness (QED) is 0.889. The number of hydrogen-bond donors (Lipinski definition) is 2. The van der Waals surface area contributed by atoms with E-state index < -0.39 is 0 Å². The number of fused-ring (bicyclic) bond motifs is 1. The van der Waals surface area contributed by atoms with Gasteiger partial charge in [-0.2, -0.15) is 5.10 Å². The lowest BCUT2D eigenvalue weighted by molar-refractivity contribution is -0.122. The molecule has 0 radical (unpaired) electrons. The molecule has 4 rings (SSSR count). The molecule has 5 heteroatoms. The van der Waals surface area contributed by atoms with Crippen LogP contribution in [0.15, 0.2) is 23.3 Å². The highest BCUT2D eigenvalue weighted by atomic mass is 16.5. The first-order valence-electron chi connectivity index (χ1n) is 9.58. The van der Waals surface area contributed by atoms with Crippen LogP contribution in [0.3, 0.4) is 0 Å². The zero-order valence-electron chi connectivity index (χ0n) is 14.9. The SMILES string of the molecule is CCCC1CC(=O)NN=C1c1ccc2c(c1)CCC1(CCNCC1)O2. The lowest BCUT2D eigenvalue weighted by Gasteiger charge is -2.41. The van der Waals surface area contributed by atoms with E-state index in [1.807, 2.05) is 0 Å². The van der Waals surface area contributed by atoms with Crippen molar-refractivity contribution in [3.8, 4) is 5.75 Å². The topological polar surface area (TPSA) is 62.7 Å². The summed E-state index contributed by atoms with van der Waals surface area (Å²) in [6.45, 7) is 4.24. The number of benzene rings is 1. The number of nitrogens with one attached hydrogen (secondary N) is 2. The summed E-state index contributed by atoms with van der Waals surface area (Å²) < 4.78 is 6.44. The maximum atomic E-state index is 11.7. The number of aryl methyl sites for hydroxylation is 1. The van der Waals surface area contributed by atoms with Crippen molar-refractivity contribution in [1.29, 1.82) is 0 Å². The molecule has 0 aromatic heterocycles. The molecule has 25 heavy (non-hydrogen) atoms. The molecule has 1 spiro atoms. The first kappa shape index (κ1) is 16.6. The molecule has 3 heterocycles. The van der Waals surface area contributed by atoms with Crippen molar-refractivity contribution in [2.24, 2.45) is 11.0 Å². The molecule has 0 bridgehead atoms. The zero-order chi connectivity index (χ0) is 17.3. The Morgan fingerprint density at radius 3 is 2.92 bits per heavy atom. The minimum absolute atomic E-state index is 0.0244. The van der Waals surface area contributed by atoms with Gasteiger partial charge in [-0.15, -0.1) is 0 Å². The van der Waals surface area contributed by atoms with Gasteiger partial charge in [0.2, 0.25) is 5.91 Å². The number of carbonyl (C=O) groups excluding carboxylic acids is 1. The molecule has 1 atom stereocenters. The Bertz CT molecular complexity index is 692. The number of ether oxygens (including phenoxy) is 1. The third-order valence-electron chi connectivity index (χ3n) is 5.80. The van der Waals surface area contributed by atoms with E-state index in [0.717, 1.165) is 68.6 Å². The van der Waals surface area contributed by atoms with Crippen LogP contribution in [0.5, 0.6) is 5.75 Å². The van der Waals surface area contributed by atoms with Crippen molar-refractivity contribution in [2.45, 2.75) is 57.5 Å². The normalized spacial score (nSPS) is 24.9. The minimum Gasteiger partial charge on any atom is -0.487 e. The molecule has 0 aliphatic carbocycles. The average Bonchev–Trinajstić information content (AvgIpc) is 2.63. The summed E-state index contributed by atoms with van der Waals surface area (Å²) in [4.78, 5) is 11.7. The number of hydrogen-bond acceptors (Lipinski definition) is 4. The molecule has 3 aliphatic rings. The summed E-state index contributed by atoms with van der Waals surface area (Å²) in [6, 6.07) is 6.44. The predicted octanol–water partition coefficient (Wildman–Crippen LogP) is 2.77. The van der Waals surface area contributed by atoms with Crippen molar-refractivity contribution in [2.75, 3.05) is 13.1 Å². The van der Waals surface area contributed by atoms with Crippen LogP contribution in [0.1, 0.15) is 56.6 Å². The molecule has 0 saturated carbocycles. The van der Waals surface area contributed by atoms with Crippen LogP contribution < -0.4 is 15.5 Å². The fraction of sp³-hybridized carbons (Fsp3) is 0.600. The van der Waals surface area contributed by atoms with E-state index in [1.54, 1.807) is 0 Å². The summed E-state index contributed by atoms with van der Waals surface area (Å²) in [7, 11) is 0. The Morgan fingerprint density at radius 2 is 2.12 bits per heavy atom. The van der Waals surface area contributed by atoms with Crippen molar-refractivity contribution >= 4 is 11.6 Å². The Morgan fingerprint density at radius 1 is 1.28 bits per heavy atom. The average molecular weight is 341 g/mol. The number of amides is 1. The second-order valence-corrected chi connectivity index (χ2v) is 7.58. The predicted molar refractivity (Wildman–Crippen MR) is 97.9 cm³/mol. The van der Waals surface area contributed by atoms with Crippen LogP contribution in [0.25, 0.3) is 0 Å². The summed E-state index contributed by atoms with van der Waals surface area (Å²) in [5.74, 6) is 1.28. The molecule has 5 nitrogen and oxygen atoms in total. The maximum absolute atomic E-state index is 11.7. The van der Waals surface area contributed by atoms with E-state index in [4.69, 9.17) is 4.74 Å². The Kier molecular flexibility index (Phi) is 4.50. The lowest BCUT2D eigenvalue weighted by Crippen LogP contribution is -2.48. The summed E-state index contributed by atoms with van der Waals surface area (Å²) in [6.07, 6.45) is 6.92. The first-order valence-corrected chi connectivity index (χ1v) is 9.58. The van der Waals surface area contributed by atoms with Crippen LogP contribution in [0.4, 0.5) is 0 Å². The van der Waals surface area contributed by atoms with E-state index in [-0.39, 0.29) is 17.4 Å². The van der Waals surface area contributed by atoms with Crippen LogP contribution in [0, 0.1) is 5.92 Å². The van der Waals surface area contributed by atoms with Crippen molar-refractivity contribution in [3.63, 3.8) is 0 Å². The van der Waals surface area contributed by atoms with E-state index in [2.05, 4.69) is 41.0 Å². The Labute approximate surface area is 149 Å². The summed E-state index contributed by atoms with van der Waals surface area (Å²) in [5, 5.41) is 7.80. The fourth-order valence-corrected chi connectivity index (χ4v) is 4.38. The minimum atomic E-state index is 0.0244. The number of hydrazone groups is 1. The van der Waals surface area contributed by atoms with Gasteiger partial charge in [0, 0.05) is 12.3 Å². The summed E-state index contributed by atoms with van der Waals surface area (Å²) >= 11 is 0. The Balaban J connectivity index is 1.58. The molecule has 1 aromatic rings. The van der Waals surface area contributed by atoms with Gasteiger partial charge in [0.1, 0.15) is 11.4 Å². The third-order valence-corrected chi connectivity index (χ3v) is 5.80. The molecule has 134 valence electrons. The van der Waals surface area contributed by atoms with Gasteiger partial charge in [-0.3, -0.25) is 4.79 Å². The van der Waals surface area contributed by atoms with Gasteiger partial charge in [0.05, 0.1) is 5.71 Å².